The molecule has 0 aromatic carbocycles. The van der Waals surface area contributed by atoms with Crippen molar-refractivity contribution in [3.05, 3.63) is 0 Å². The number of hydrogen-bond acceptors (Lipinski definition) is 15. The number of ether oxygens (including phenoxy) is 4. The Morgan fingerprint density at radius 2 is 0.479 bits per heavy atom. The zero-order valence-electron chi connectivity index (χ0n) is 62.7. The highest BCUT2D eigenvalue weighted by Gasteiger charge is 2.30. The van der Waals surface area contributed by atoms with E-state index in [1.165, 1.54) is 218 Å². The molecule has 0 bridgehead atoms. The summed E-state index contributed by atoms with van der Waals surface area (Å²) in [4.78, 5) is 72.8. The van der Waals surface area contributed by atoms with Gasteiger partial charge in [-0.25, -0.2) is 9.13 Å². The maximum atomic E-state index is 13.1. The van der Waals surface area contributed by atoms with E-state index in [-0.39, 0.29) is 25.7 Å². The molecule has 2 unspecified atom stereocenters. The van der Waals surface area contributed by atoms with Crippen molar-refractivity contribution < 1.29 is 80.2 Å². The van der Waals surface area contributed by atoms with E-state index in [4.69, 9.17) is 37.0 Å². The summed E-state index contributed by atoms with van der Waals surface area (Å²) in [5.74, 6) is -0.535. The topological polar surface area (TPSA) is 237 Å². The van der Waals surface area contributed by atoms with Crippen molar-refractivity contribution in [3.8, 4) is 0 Å². The molecular weight excluding hydrogens is 1260 g/mol. The molecule has 0 saturated carbocycles. The third kappa shape index (κ3) is 70.5. The van der Waals surface area contributed by atoms with Crippen LogP contribution in [0, 0.1) is 11.8 Å². The predicted molar refractivity (Wildman–Crippen MR) is 391 cm³/mol. The summed E-state index contributed by atoms with van der Waals surface area (Å²) in [5.41, 5.74) is 0. The van der Waals surface area contributed by atoms with Gasteiger partial charge in [0.2, 0.25) is 0 Å². The van der Waals surface area contributed by atoms with Crippen molar-refractivity contribution in [1.82, 2.24) is 0 Å². The van der Waals surface area contributed by atoms with Crippen LogP contribution in [0.15, 0.2) is 0 Å². The SMILES string of the molecule is CCCCCCCCCCCCCC(=O)OC[C@H](COP(=O)(O)OC[C@H](O)COP(=O)(O)OC[C@@H](COC(=O)CCCCCCCCCCCCC(C)C)OC(=O)CCCCCCCCCCCCCCCCCCCCC(C)C)OC(=O)CCCCCCCCCCCCC. The van der Waals surface area contributed by atoms with Gasteiger partial charge in [-0.2, -0.15) is 0 Å². The van der Waals surface area contributed by atoms with Gasteiger partial charge < -0.3 is 33.8 Å². The molecule has 0 aliphatic carbocycles. The summed E-state index contributed by atoms with van der Waals surface area (Å²) in [6.07, 6.45) is 56.8. The number of carbonyl (C=O) groups is 4. The number of aliphatic hydroxyl groups is 1. The van der Waals surface area contributed by atoms with Gasteiger partial charge in [0.1, 0.15) is 19.3 Å². The standard InChI is InChI=1S/C77H150O17P2/c1-7-9-11-13-15-17-27-35-41-47-53-59-74(79)87-65-72(93-76(81)61-55-49-43-37-28-18-16-14-12-10-8-2)67-91-95(83,84)89-63-71(78)64-90-96(85,86)92-68-73(66-88-75(80)60-54-48-42-36-32-31-34-40-46-52-58-70(5)6)94-77(82)62-56-50-44-38-30-26-24-22-20-19-21-23-25-29-33-39-45-51-57-69(3)4/h69-73,78H,7-68H2,1-6H3,(H,83,84)(H,85,86)/t71-,72+,73+/m0/s1. The van der Waals surface area contributed by atoms with Gasteiger partial charge in [-0.15, -0.1) is 0 Å². The van der Waals surface area contributed by atoms with Crippen LogP contribution in [0.5, 0.6) is 0 Å². The van der Waals surface area contributed by atoms with Crippen molar-refractivity contribution in [3.63, 3.8) is 0 Å². The van der Waals surface area contributed by atoms with E-state index in [0.717, 1.165) is 102 Å². The van der Waals surface area contributed by atoms with Crippen molar-refractivity contribution in [2.24, 2.45) is 11.8 Å². The smallest absolute Gasteiger partial charge is 0.462 e. The van der Waals surface area contributed by atoms with Gasteiger partial charge >= 0.3 is 39.5 Å². The highest BCUT2D eigenvalue weighted by molar-refractivity contribution is 7.47. The molecule has 17 nitrogen and oxygen atoms in total. The summed E-state index contributed by atoms with van der Waals surface area (Å²) < 4.78 is 68.5. The fourth-order valence-electron chi connectivity index (χ4n) is 11.8. The van der Waals surface area contributed by atoms with Gasteiger partial charge in [0, 0.05) is 25.7 Å². The van der Waals surface area contributed by atoms with Crippen LogP contribution >= 0.6 is 15.6 Å². The number of hydrogen-bond donors (Lipinski definition) is 3. The van der Waals surface area contributed by atoms with Crippen LogP contribution < -0.4 is 0 Å². The average molecular weight is 1410 g/mol. The normalized spacial score (nSPS) is 14.0. The van der Waals surface area contributed by atoms with Gasteiger partial charge in [0.25, 0.3) is 0 Å². The molecule has 3 N–H and O–H groups in total. The lowest BCUT2D eigenvalue weighted by Crippen LogP contribution is -2.30. The second-order valence-electron chi connectivity index (χ2n) is 28.7. The quantitative estimate of drug-likeness (QED) is 0.0222. The Balaban J connectivity index is 5.20. The third-order valence-corrected chi connectivity index (χ3v) is 19.9. The second kappa shape index (κ2) is 68.8. The molecule has 96 heavy (non-hydrogen) atoms. The molecule has 0 aliphatic rings. The van der Waals surface area contributed by atoms with Gasteiger partial charge in [-0.05, 0) is 37.5 Å². The molecule has 0 aromatic rings. The summed E-state index contributed by atoms with van der Waals surface area (Å²) in [5, 5.41) is 10.6. The summed E-state index contributed by atoms with van der Waals surface area (Å²) >= 11 is 0. The van der Waals surface area contributed by atoms with Crippen LogP contribution in [-0.2, 0) is 65.4 Å². The first kappa shape index (κ1) is 94.1. The first-order valence-electron chi connectivity index (χ1n) is 40.0. The van der Waals surface area contributed by atoms with E-state index in [1.807, 2.05) is 0 Å². The number of aliphatic hydroxyl groups excluding tert-OH is 1. The molecule has 19 heteroatoms. The van der Waals surface area contributed by atoms with Crippen LogP contribution in [0.1, 0.15) is 401 Å². The molecule has 0 heterocycles. The Labute approximate surface area is 588 Å². The first-order chi connectivity index (χ1) is 46.4. The lowest BCUT2D eigenvalue weighted by Gasteiger charge is -2.21. The lowest BCUT2D eigenvalue weighted by atomic mass is 10.0. The molecule has 0 radical (unpaired) electrons. The summed E-state index contributed by atoms with van der Waals surface area (Å²) in [6.45, 7) is 9.63. The second-order valence-corrected chi connectivity index (χ2v) is 31.6. The van der Waals surface area contributed by atoms with Crippen LogP contribution in [-0.4, -0.2) is 96.7 Å². The molecule has 5 atom stereocenters. The van der Waals surface area contributed by atoms with Crippen molar-refractivity contribution in [2.75, 3.05) is 39.6 Å². The zero-order chi connectivity index (χ0) is 70.7. The Morgan fingerprint density at radius 1 is 0.281 bits per heavy atom. The fraction of sp³-hybridized carbons (Fsp3) is 0.948. The number of carbonyl (C=O) groups excluding carboxylic acids is 4. The van der Waals surface area contributed by atoms with E-state index in [0.29, 0.717) is 25.7 Å². The van der Waals surface area contributed by atoms with Gasteiger partial charge in [-0.1, -0.05) is 350 Å². The number of unbranched alkanes of at least 4 members (excludes halogenated alkanes) is 46. The largest absolute Gasteiger partial charge is 0.472 e. The van der Waals surface area contributed by atoms with E-state index >= 15 is 0 Å². The Morgan fingerprint density at radius 3 is 0.708 bits per heavy atom. The Bertz CT molecular complexity index is 1860. The highest BCUT2D eigenvalue weighted by atomic mass is 31.2. The van der Waals surface area contributed by atoms with Crippen molar-refractivity contribution in [2.45, 2.75) is 419 Å². The Kier molecular flexibility index (Phi) is 67.4. The number of rotatable bonds is 76. The predicted octanol–water partition coefficient (Wildman–Crippen LogP) is 22.7. The molecule has 0 aliphatic heterocycles. The molecule has 0 saturated heterocycles. The van der Waals surface area contributed by atoms with Gasteiger partial charge in [0.05, 0.1) is 26.4 Å². The maximum Gasteiger partial charge on any atom is 0.472 e. The van der Waals surface area contributed by atoms with Crippen molar-refractivity contribution in [1.29, 1.82) is 0 Å². The van der Waals surface area contributed by atoms with E-state index in [2.05, 4.69) is 41.5 Å². The van der Waals surface area contributed by atoms with Crippen LogP contribution in [0.2, 0.25) is 0 Å². The fourth-order valence-corrected chi connectivity index (χ4v) is 13.4. The zero-order valence-corrected chi connectivity index (χ0v) is 64.5. The van der Waals surface area contributed by atoms with Crippen LogP contribution in [0.25, 0.3) is 0 Å². The van der Waals surface area contributed by atoms with E-state index in [1.54, 1.807) is 0 Å². The van der Waals surface area contributed by atoms with Gasteiger partial charge in [-0.3, -0.25) is 37.3 Å². The minimum Gasteiger partial charge on any atom is -0.462 e. The first-order valence-corrected chi connectivity index (χ1v) is 43.0. The third-order valence-electron chi connectivity index (χ3n) is 18.0. The highest BCUT2D eigenvalue weighted by Crippen LogP contribution is 2.45. The molecule has 0 aromatic heterocycles. The molecule has 0 amide bonds. The molecule has 0 spiro atoms. The van der Waals surface area contributed by atoms with Crippen molar-refractivity contribution >= 4 is 39.5 Å². The number of phosphoric acid groups is 2. The van der Waals surface area contributed by atoms with Crippen LogP contribution in [0.4, 0.5) is 0 Å². The van der Waals surface area contributed by atoms with Crippen LogP contribution in [0.3, 0.4) is 0 Å². The molecule has 0 fully saturated rings. The summed E-state index contributed by atoms with van der Waals surface area (Å²) in [6, 6.07) is 0. The Hall–Kier alpha value is -1.94. The molecular formula is C77H150O17P2. The number of esters is 4. The van der Waals surface area contributed by atoms with Gasteiger partial charge in [0.15, 0.2) is 12.2 Å². The molecule has 570 valence electrons. The lowest BCUT2D eigenvalue weighted by molar-refractivity contribution is -0.161. The minimum absolute atomic E-state index is 0.107. The summed E-state index contributed by atoms with van der Waals surface area (Å²) in [7, 11) is -9.91. The monoisotopic (exact) mass is 1410 g/mol. The minimum atomic E-state index is -4.96. The van der Waals surface area contributed by atoms with E-state index in [9.17, 15) is 43.2 Å². The molecule has 0 rings (SSSR count). The van der Waals surface area contributed by atoms with E-state index < -0.39 is 97.5 Å². The average Bonchev–Trinajstić information content (AvgIpc) is 1.47. The maximum absolute atomic E-state index is 13.1. The number of phosphoric ester groups is 2.